The third-order valence-corrected chi connectivity index (χ3v) is 7.32. The molecule has 32 heavy (non-hydrogen) atoms. The minimum Gasteiger partial charge on any atom is -0.379 e. The maximum absolute atomic E-state index is 6.43. The van der Waals surface area contributed by atoms with Gasteiger partial charge in [-0.1, -0.05) is 144 Å². The van der Waals surface area contributed by atoms with Crippen LogP contribution in [0.1, 0.15) is 109 Å². The van der Waals surface area contributed by atoms with Gasteiger partial charge in [0.1, 0.15) is 0 Å². The summed E-state index contributed by atoms with van der Waals surface area (Å²) in [6.45, 7) is 7.03. The highest BCUT2D eigenvalue weighted by molar-refractivity contribution is 5.92. The molecule has 1 aliphatic heterocycles. The molecule has 2 heteroatoms. The first-order valence-corrected chi connectivity index (χ1v) is 13.0. The maximum Gasteiger partial charge on any atom is 0.193 e. The van der Waals surface area contributed by atoms with Gasteiger partial charge in [-0.25, -0.2) is 0 Å². The highest BCUT2D eigenvalue weighted by Gasteiger charge is 2.47. The van der Waals surface area contributed by atoms with Crippen molar-refractivity contribution in [1.82, 2.24) is 0 Å². The Balaban J connectivity index is 1.81. The van der Waals surface area contributed by atoms with E-state index >= 15 is 0 Å². The van der Waals surface area contributed by atoms with Gasteiger partial charge in [0.2, 0.25) is 0 Å². The third kappa shape index (κ3) is 6.03. The van der Waals surface area contributed by atoms with Crippen molar-refractivity contribution in [2.45, 2.75) is 103 Å². The fourth-order valence-corrected chi connectivity index (χ4v) is 5.12. The van der Waals surface area contributed by atoms with E-state index in [2.05, 4.69) is 81.4 Å². The van der Waals surface area contributed by atoms with Crippen molar-refractivity contribution in [2.24, 2.45) is 10.6 Å². The van der Waals surface area contributed by atoms with Gasteiger partial charge in [-0.05, 0) is 12.8 Å². The van der Waals surface area contributed by atoms with Crippen LogP contribution < -0.4 is 0 Å². The van der Waals surface area contributed by atoms with E-state index in [4.69, 9.17) is 9.99 Å². The first kappa shape index (κ1) is 24.6. The predicted octanol–water partition coefficient (Wildman–Crippen LogP) is 9.04. The van der Waals surface area contributed by atoms with Gasteiger partial charge in [0.25, 0.3) is 0 Å². The second-order valence-electron chi connectivity index (χ2n) is 9.90. The Morgan fingerprint density at radius 3 is 1.69 bits per heavy atom. The summed E-state index contributed by atoms with van der Waals surface area (Å²) >= 11 is 0. The number of oxime groups is 1. The minimum absolute atomic E-state index is 0.116. The molecule has 1 aliphatic rings. The molecule has 0 fully saturated rings. The zero-order chi connectivity index (χ0) is 22.7. The van der Waals surface area contributed by atoms with Crippen molar-refractivity contribution in [3.8, 4) is 0 Å². The number of hydrogen-bond acceptors (Lipinski definition) is 2. The van der Waals surface area contributed by atoms with Gasteiger partial charge in [0.05, 0.1) is 5.71 Å². The van der Waals surface area contributed by atoms with E-state index in [0.29, 0.717) is 0 Å². The molecule has 0 N–H and O–H groups in total. The number of nitrogens with zero attached hydrogens (tertiary/aromatic N) is 1. The average Bonchev–Trinajstić information content (AvgIpc) is 3.31. The second kappa shape index (κ2) is 12.2. The summed E-state index contributed by atoms with van der Waals surface area (Å²) in [5.41, 5.74) is 3.26. The molecular formula is C30H43NO. The van der Waals surface area contributed by atoms with E-state index in [1.165, 1.54) is 87.5 Å². The van der Waals surface area contributed by atoms with Crippen LogP contribution in [0.25, 0.3) is 0 Å². The molecule has 1 unspecified atom stereocenters. The van der Waals surface area contributed by atoms with Gasteiger partial charge in [0.15, 0.2) is 5.60 Å². The Hall–Kier alpha value is -2.09. The van der Waals surface area contributed by atoms with E-state index < -0.39 is 5.60 Å². The van der Waals surface area contributed by atoms with Crippen LogP contribution in [0.5, 0.6) is 0 Å². The van der Waals surface area contributed by atoms with Gasteiger partial charge in [0, 0.05) is 23.0 Å². The zero-order valence-corrected chi connectivity index (χ0v) is 20.6. The lowest BCUT2D eigenvalue weighted by atomic mass is 9.71. The molecule has 174 valence electrons. The van der Waals surface area contributed by atoms with Crippen molar-refractivity contribution in [3.05, 3.63) is 71.8 Å². The predicted molar refractivity (Wildman–Crippen MR) is 137 cm³/mol. The molecule has 0 spiro atoms. The molecule has 0 radical (unpaired) electrons. The van der Waals surface area contributed by atoms with Crippen molar-refractivity contribution in [1.29, 1.82) is 0 Å². The van der Waals surface area contributed by atoms with Crippen LogP contribution in [-0.2, 0) is 10.4 Å². The van der Waals surface area contributed by atoms with Crippen LogP contribution in [0.4, 0.5) is 0 Å². The Morgan fingerprint density at radius 1 is 0.719 bits per heavy atom. The van der Waals surface area contributed by atoms with Gasteiger partial charge in [-0.15, -0.1) is 0 Å². The summed E-state index contributed by atoms with van der Waals surface area (Å²) in [6.07, 6.45) is 15.1. The molecule has 0 saturated carbocycles. The lowest BCUT2D eigenvalue weighted by Crippen LogP contribution is -2.33. The Kier molecular flexibility index (Phi) is 9.38. The first-order chi connectivity index (χ1) is 15.6. The summed E-state index contributed by atoms with van der Waals surface area (Å²) in [4.78, 5) is 6.43. The molecule has 0 amide bonds. The number of rotatable bonds is 14. The normalized spacial score (nSPS) is 16.9. The third-order valence-electron chi connectivity index (χ3n) is 7.32. The van der Waals surface area contributed by atoms with Crippen LogP contribution >= 0.6 is 0 Å². The van der Waals surface area contributed by atoms with Gasteiger partial charge < -0.3 is 4.84 Å². The van der Waals surface area contributed by atoms with Crippen LogP contribution in [0.2, 0.25) is 0 Å². The summed E-state index contributed by atoms with van der Waals surface area (Å²) in [5, 5.41) is 4.84. The van der Waals surface area contributed by atoms with Gasteiger partial charge >= 0.3 is 0 Å². The van der Waals surface area contributed by atoms with Crippen LogP contribution in [0.3, 0.4) is 0 Å². The van der Waals surface area contributed by atoms with Crippen molar-refractivity contribution in [2.75, 3.05) is 0 Å². The van der Waals surface area contributed by atoms with E-state index in [9.17, 15) is 0 Å². The van der Waals surface area contributed by atoms with Crippen LogP contribution in [0.15, 0.2) is 65.8 Å². The highest BCUT2D eigenvalue weighted by Crippen LogP contribution is 2.47. The van der Waals surface area contributed by atoms with E-state index in [-0.39, 0.29) is 5.41 Å². The molecule has 2 aromatic rings. The molecule has 0 aromatic heterocycles. The number of benzene rings is 2. The molecule has 2 nitrogen and oxygen atoms in total. The topological polar surface area (TPSA) is 21.6 Å². The summed E-state index contributed by atoms with van der Waals surface area (Å²) in [6, 6.07) is 21.4. The fraction of sp³-hybridized carbons (Fsp3) is 0.567. The molecule has 1 heterocycles. The van der Waals surface area contributed by atoms with E-state index in [0.717, 1.165) is 6.42 Å². The lowest BCUT2D eigenvalue weighted by Gasteiger charge is -2.32. The molecule has 0 aliphatic carbocycles. The summed E-state index contributed by atoms with van der Waals surface area (Å²) < 4.78 is 0. The number of unbranched alkanes of at least 4 members (excludes halogenated alkanes) is 7. The second-order valence-corrected chi connectivity index (χ2v) is 9.90. The van der Waals surface area contributed by atoms with Crippen LogP contribution in [-0.4, -0.2) is 5.71 Å². The molecule has 0 bridgehead atoms. The standard InChI is InChI=1S/C30H43NO/c1-4-6-8-10-18-24-29(3,23-17-9-7-5-2)28-25-30(32-31-28,26-19-13-11-14-20-26)27-21-15-12-16-22-27/h11-16,19-22H,4-10,17-18,23-25H2,1-3H3. The quantitative estimate of drug-likeness (QED) is 0.272. The summed E-state index contributed by atoms with van der Waals surface area (Å²) in [5.74, 6) is 0. The SMILES string of the molecule is CCCCCCCC(C)(CCCCCC)C1=NOC(c2ccccc2)(c2ccccc2)C1. The van der Waals surface area contributed by atoms with Crippen molar-refractivity contribution in [3.63, 3.8) is 0 Å². The van der Waals surface area contributed by atoms with Crippen LogP contribution in [0, 0.1) is 5.41 Å². The maximum atomic E-state index is 6.43. The van der Waals surface area contributed by atoms with Gasteiger partial charge in [-0.3, -0.25) is 0 Å². The lowest BCUT2D eigenvalue weighted by molar-refractivity contribution is 0.0112. The smallest absolute Gasteiger partial charge is 0.193 e. The van der Waals surface area contributed by atoms with E-state index in [1.54, 1.807) is 0 Å². The van der Waals surface area contributed by atoms with E-state index in [1.807, 2.05) is 0 Å². The molecule has 0 saturated heterocycles. The largest absolute Gasteiger partial charge is 0.379 e. The summed E-state index contributed by atoms with van der Waals surface area (Å²) in [7, 11) is 0. The average molecular weight is 434 g/mol. The Bertz CT molecular complexity index is 774. The molecule has 3 rings (SSSR count). The first-order valence-electron chi connectivity index (χ1n) is 13.0. The zero-order valence-electron chi connectivity index (χ0n) is 20.6. The Morgan fingerprint density at radius 2 is 1.19 bits per heavy atom. The highest BCUT2D eigenvalue weighted by atomic mass is 16.7. The molecule has 2 aromatic carbocycles. The van der Waals surface area contributed by atoms with Crippen molar-refractivity contribution < 1.29 is 4.84 Å². The monoisotopic (exact) mass is 433 g/mol. The van der Waals surface area contributed by atoms with Crippen molar-refractivity contribution >= 4 is 5.71 Å². The molecular weight excluding hydrogens is 390 g/mol. The minimum atomic E-state index is -0.509. The fourth-order valence-electron chi connectivity index (χ4n) is 5.12. The van der Waals surface area contributed by atoms with Gasteiger partial charge in [-0.2, -0.15) is 0 Å². The Labute approximate surface area is 196 Å². The molecule has 1 atom stereocenters. The number of hydrogen-bond donors (Lipinski definition) is 0.